The maximum atomic E-state index is 4.34. The van der Waals surface area contributed by atoms with Gasteiger partial charge in [0.25, 0.3) is 0 Å². The van der Waals surface area contributed by atoms with Crippen molar-refractivity contribution in [2.45, 2.75) is 27.2 Å². The Labute approximate surface area is 257 Å². The Kier molecular flexibility index (Phi) is 9.18. The Morgan fingerprint density at radius 3 is 2.00 bits per heavy atom. The third-order valence-corrected chi connectivity index (χ3v) is 8.28. The number of rotatable bonds is 7. The lowest BCUT2D eigenvalue weighted by atomic mass is 9.81. The first kappa shape index (κ1) is 29.5. The zero-order valence-electron chi connectivity index (χ0n) is 25.6. The van der Waals surface area contributed by atoms with Gasteiger partial charge in [-0.15, -0.1) is 6.58 Å². The van der Waals surface area contributed by atoms with Crippen molar-refractivity contribution in [3.63, 3.8) is 0 Å². The van der Waals surface area contributed by atoms with Gasteiger partial charge in [0.15, 0.2) is 0 Å². The zero-order chi connectivity index (χ0) is 30.3. The summed E-state index contributed by atoms with van der Waals surface area (Å²) in [5.74, 6) is 0.280. The molecule has 0 N–H and O–H groups in total. The molecule has 1 aliphatic rings. The van der Waals surface area contributed by atoms with E-state index >= 15 is 0 Å². The third-order valence-electron chi connectivity index (χ3n) is 8.28. The van der Waals surface area contributed by atoms with Gasteiger partial charge < -0.3 is 0 Å². The second kappa shape index (κ2) is 13.4. The highest BCUT2D eigenvalue weighted by atomic mass is 14.2. The Morgan fingerprint density at radius 1 is 0.651 bits per heavy atom. The summed E-state index contributed by atoms with van der Waals surface area (Å²) in [6, 6.07) is 33.0. The van der Waals surface area contributed by atoms with Crippen LogP contribution in [-0.4, -0.2) is 0 Å². The van der Waals surface area contributed by atoms with E-state index in [-0.39, 0.29) is 5.92 Å². The summed E-state index contributed by atoms with van der Waals surface area (Å²) in [6.07, 6.45) is 15.7. The van der Waals surface area contributed by atoms with Gasteiger partial charge in [0.2, 0.25) is 0 Å². The van der Waals surface area contributed by atoms with Gasteiger partial charge in [-0.05, 0) is 91.0 Å². The van der Waals surface area contributed by atoms with Crippen LogP contribution in [0.25, 0.3) is 61.5 Å². The van der Waals surface area contributed by atoms with Crippen LogP contribution in [0.1, 0.15) is 43.9 Å². The summed E-state index contributed by atoms with van der Waals surface area (Å²) in [4.78, 5) is 0. The van der Waals surface area contributed by atoms with Crippen molar-refractivity contribution < 1.29 is 0 Å². The molecule has 0 saturated carbocycles. The number of fused-ring (bicyclic) bond motifs is 2. The van der Waals surface area contributed by atoms with Gasteiger partial charge in [0.1, 0.15) is 0 Å². The molecule has 0 amide bonds. The number of hydrogen-bond acceptors (Lipinski definition) is 0. The van der Waals surface area contributed by atoms with E-state index < -0.39 is 0 Å². The van der Waals surface area contributed by atoms with E-state index in [0.29, 0.717) is 0 Å². The fourth-order valence-corrected chi connectivity index (χ4v) is 6.35. The van der Waals surface area contributed by atoms with Gasteiger partial charge >= 0.3 is 0 Å². The lowest BCUT2D eigenvalue weighted by Crippen LogP contribution is -2.04. The normalized spacial score (nSPS) is 14.5. The molecule has 0 spiro atoms. The zero-order valence-corrected chi connectivity index (χ0v) is 25.6. The number of benzene rings is 5. The molecule has 6 rings (SSSR count). The molecule has 0 radical (unpaired) electrons. The van der Waals surface area contributed by atoms with Gasteiger partial charge in [-0.25, -0.2) is 0 Å². The minimum atomic E-state index is 0.280. The molecule has 0 nitrogen and oxygen atoms in total. The highest BCUT2D eigenvalue weighted by Gasteiger charge is 2.21. The molecule has 43 heavy (non-hydrogen) atoms. The van der Waals surface area contributed by atoms with Crippen LogP contribution in [0.4, 0.5) is 0 Å². The van der Waals surface area contributed by atoms with Crippen LogP contribution in [0, 0.1) is 5.92 Å². The minimum Gasteiger partial charge on any atom is -0.102 e. The second-order valence-corrected chi connectivity index (χ2v) is 10.5. The maximum absolute atomic E-state index is 4.34. The summed E-state index contributed by atoms with van der Waals surface area (Å²) in [7, 11) is 0. The van der Waals surface area contributed by atoms with Crippen LogP contribution >= 0.6 is 0 Å². The Morgan fingerprint density at radius 2 is 1.30 bits per heavy atom. The fraction of sp³-hybridized carbons (Fsp3) is 0.116. The molecule has 0 bridgehead atoms. The molecule has 0 aliphatic heterocycles. The first-order valence-electron chi connectivity index (χ1n) is 15.3. The lowest BCUT2D eigenvalue weighted by Gasteiger charge is -2.23. The van der Waals surface area contributed by atoms with E-state index in [1.54, 1.807) is 0 Å². The summed E-state index contributed by atoms with van der Waals surface area (Å²) in [5, 5.41) is 4.96. The van der Waals surface area contributed by atoms with E-state index in [1.165, 1.54) is 66.1 Å². The maximum Gasteiger partial charge on any atom is 0.00557 e. The molecule has 1 atom stereocenters. The Bertz CT molecular complexity index is 1920. The lowest BCUT2D eigenvalue weighted by molar-refractivity contribution is 0.801. The minimum absolute atomic E-state index is 0.280. The molecular weight excluding hydrogens is 516 g/mol. The highest BCUT2D eigenvalue weighted by molar-refractivity contribution is 6.15. The van der Waals surface area contributed by atoms with Crippen LogP contribution in [0.5, 0.6) is 0 Å². The van der Waals surface area contributed by atoms with Crippen molar-refractivity contribution >= 4 is 39.3 Å². The SMILES string of the molecule is C=CC1=CC=C(c2cccc(-c3c(C=C)c(/C=C\C)c(-c4cccc5ccccc45)c4ccccc34)c2)CC1C=C.CC. The van der Waals surface area contributed by atoms with E-state index in [1.807, 2.05) is 32.1 Å². The predicted octanol–water partition coefficient (Wildman–Crippen LogP) is 12.7. The molecular formula is C43H40. The Hall–Kier alpha value is -4.94. The summed E-state index contributed by atoms with van der Waals surface area (Å²) in [5.41, 5.74) is 11.0. The van der Waals surface area contributed by atoms with Gasteiger partial charge in [0.05, 0.1) is 0 Å². The average Bonchev–Trinajstić information content (AvgIpc) is 3.08. The third kappa shape index (κ3) is 5.49. The van der Waals surface area contributed by atoms with Gasteiger partial charge in [-0.1, -0.05) is 154 Å². The van der Waals surface area contributed by atoms with E-state index in [0.717, 1.165) is 12.0 Å². The molecule has 0 aromatic heterocycles. The van der Waals surface area contributed by atoms with Gasteiger partial charge in [-0.3, -0.25) is 0 Å². The first-order chi connectivity index (χ1) is 21.2. The standard InChI is InChI=1S/C41H34.C2H6/c1-5-15-36-34(8-4)40(33-19-13-18-31(27-33)32-25-24-28(6-2)29(7-3)26-32)38-21-11-12-22-39(38)41(36)37-23-14-17-30-16-9-10-20-35(30)37;1-2/h5-25,27,29H,2-4,26H2,1H3;1-2H3/b15-5-;. The summed E-state index contributed by atoms with van der Waals surface area (Å²) in [6.45, 7) is 18.5. The first-order valence-corrected chi connectivity index (χ1v) is 15.3. The van der Waals surface area contributed by atoms with Crippen LogP contribution in [0.15, 0.2) is 147 Å². The summed E-state index contributed by atoms with van der Waals surface area (Å²) < 4.78 is 0. The molecule has 5 aromatic carbocycles. The van der Waals surface area contributed by atoms with Crippen molar-refractivity contribution in [3.8, 4) is 22.3 Å². The van der Waals surface area contributed by atoms with Crippen molar-refractivity contribution in [2.75, 3.05) is 0 Å². The van der Waals surface area contributed by atoms with Crippen molar-refractivity contribution in [1.29, 1.82) is 0 Å². The van der Waals surface area contributed by atoms with E-state index in [9.17, 15) is 0 Å². The van der Waals surface area contributed by atoms with Gasteiger partial charge in [-0.2, -0.15) is 0 Å². The molecule has 0 heterocycles. The van der Waals surface area contributed by atoms with Crippen molar-refractivity contribution in [3.05, 3.63) is 163 Å². The molecule has 0 heteroatoms. The number of allylic oxidation sites excluding steroid dienone is 7. The smallest absolute Gasteiger partial charge is 0.00557 e. The van der Waals surface area contributed by atoms with Crippen LogP contribution in [0.2, 0.25) is 0 Å². The molecule has 5 aromatic rings. The van der Waals surface area contributed by atoms with Crippen molar-refractivity contribution in [2.24, 2.45) is 5.92 Å². The number of hydrogen-bond donors (Lipinski definition) is 0. The topological polar surface area (TPSA) is 0 Å². The highest BCUT2D eigenvalue weighted by Crippen LogP contribution is 2.45. The van der Waals surface area contributed by atoms with E-state index in [4.69, 9.17) is 0 Å². The van der Waals surface area contributed by atoms with Crippen molar-refractivity contribution in [1.82, 2.24) is 0 Å². The van der Waals surface area contributed by atoms with E-state index in [2.05, 4.69) is 142 Å². The molecule has 212 valence electrons. The molecule has 0 fully saturated rings. The summed E-state index contributed by atoms with van der Waals surface area (Å²) >= 11 is 0. The fourth-order valence-electron chi connectivity index (χ4n) is 6.35. The average molecular weight is 557 g/mol. The second-order valence-electron chi connectivity index (χ2n) is 10.5. The van der Waals surface area contributed by atoms with Crippen LogP contribution < -0.4 is 0 Å². The largest absolute Gasteiger partial charge is 0.102 e. The van der Waals surface area contributed by atoms with Crippen LogP contribution in [0.3, 0.4) is 0 Å². The molecule has 0 saturated heterocycles. The van der Waals surface area contributed by atoms with Crippen LogP contribution in [-0.2, 0) is 0 Å². The molecule has 1 unspecified atom stereocenters. The monoisotopic (exact) mass is 556 g/mol. The Balaban J connectivity index is 0.00000180. The predicted molar refractivity (Wildman–Crippen MR) is 193 cm³/mol. The van der Waals surface area contributed by atoms with Gasteiger partial charge in [0, 0.05) is 5.92 Å². The molecule has 1 aliphatic carbocycles. The quantitative estimate of drug-likeness (QED) is 0.175.